The van der Waals surface area contributed by atoms with E-state index < -0.39 is 34.7 Å². The summed E-state index contributed by atoms with van der Waals surface area (Å²) in [5.74, 6) is -1.71. The van der Waals surface area contributed by atoms with Crippen molar-refractivity contribution in [2.75, 3.05) is 11.9 Å². The van der Waals surface area contributed by atoms with E-state index in [4.69, 9.17) is 4.74 Å². The van der Waals surface area contributed by atoms with Crippen LogP contribution in [0.1, 0.15) is 30.4 Å². The number of ether oxygens (including phenoxy) is 1. The maximum Gasteiger partial charge on any atom is 0.306 e. The van der Waals surface area contributed by atoms with Crippen molar-refractivity contribution in [3.63, 3.8) is 0 Å². The predicted molar refractivity (Wildman–Crippen MR) is 148 cm³/mol. The number of carbonyl (C=O) groups is 4. The van der Waals surface area contributed by atoms with Crippen molar-refractivity contribution in [3.05, 3.63) is 96.1 Å². The molecule has 2 aliphatic rings. The number of cyclic esters (lactones) is 1. The Labute approximate surface area is 230 Å². The zero-order chi connectivity index (χ0) is 27.2. The van der Waals surface area contributed by atoms with Crippen LogP contribution in [-0.2, 0) is 35.1 Å². The summed E-state index contributed by atoms with van der Waals surface area (Å²) in [5, 5.41) is 8.78. The van der Waals surface area contributed by atoms with Crippen LogP contribution in [-0.4, -0.2) is 42.4 Å². The van der Waals surface area contributed by atoms with Crippen LogP contribution in [0.5, 0.6) is 0 Å². The summed E-state index contributed by atoms with van der Waals surface area (Å²) in [5.41, 5.74) is 2.42. The number of para-hydroxylation sites is 1. The SMILES string of the molecule is O=C(C[C@@]1(c2ccccc2)Sc2ccccc2NC(=O)[C@H]1NC(=O)[C@@H]1CCC(=O)O1)NCCc1ccccc1. The van der Waals surface area contributed by atoms with Gasteiger partial charge in [0.05, 0.1) is 10.4 Å². The number of hydrogen-bond donors (Lipinski definition) is 3. The van der Waals surface area contributed by atoms with Crippen molar-refractivity contribution < 1.29 is 23.9 Å². The standard InChI is InChI=1S/C30H29N3O5S/c34-25(31-18-17-20-9-3-1-4-10-20)19-30(21-11-5-2-6-12-21)27(33-28(36)23-15-16-26(35)38-23)29(37)32-22-13-7-8-14-24(22)39-30/h1-14,23,27H,15-19H2,(H,31,34)(H,32,37)(H,33,36)/t23-,27+,30-/m0/s1. The molecule has 0 bridgehead atoms. The average Bonchev–Trinajstić information content (AvgIpc) is 3.35. The second-order valence-corrected chi connectivity index (χ2v) is 10.9. The number of rotatable bonds is 8. The maximum absolute atomic E-state index is 13.8. The first-order chi connectivity index (χ1) is 18.9. The van der Waals surface area contributed by atoms with Crippen LogP contribution >= 0.6 is 11.8 Å². The van der Waals surface area contributed by atoms with Crippen LogP contribution in [0.3, 0.4) is 0 Å². The third-order valence-electron chi connectivity index (χ3n) is 6.89. The number of nitrogens with one attached hydrogen (secondary N) is 3. The van der Waals surface area contributed by atoms with Crippen molar-refractivity contribution >= 4 is 41.1 Å². The molecule has 0 unspecified atom stereocenters. The Morgan fingerprint density at radius 2 is 1.64 bits per heavy atom. The van der Waals surface area contributed by atoms with Gasteiger partial charge in [-0.15, -0.1) is 11.8 Å². The lowest BCUT2D eigenvalue weighted by Crippen LogP contribution is -2.57. The summed E-state index contributed by atoms with van der Waals surface area (Å²) in [6, 6.07) is 25.3. The Kier molecular flexibility index (Phi) is 7.97. The monoisotopic (exact) mass is 543 g/mol. The minimum absolute atomic E-state index is 0.0758. The van der Waals surface area contributed by atoms with Gasteiger partial charge in [0.25, 0.3) is 5.91 Å². The lowest BCUT2D eigenvalue weighted by molar-refractivity contribution is -0.148. The van der Waals surface area contributed by atoms with Crippen LogP contribution in [0.2, 0.25) is 0 Å². The van der Waals surface area contributed by atoms with Gasteiger partial charge in [-0.25, -0.2) is 0 Å². The molecule has 0 aliphatic carbocycles. The van der Waals surface area contributed by atoms with E-state index in [1.165, 1.54) is 11.8 Å². The van der Waals surface area contributed by atoms with Crippen LogP contribution in [0.15, 0.2) is 89.8 Å². The van der Waals surface area contributed by atoms with Gasteiger partial charge in [-0.05, 0) is 29.7 Å². The summed E-state index contributed by atoms with van der Waals surface area (Å²) in [6.45, 7) is 0.427. The highest BCUT2D eigenvalue weighted by molar-refractivity contribution is 8.00. The number of anilines is 1. The molecule has 2 aliphatic heterocycles. The molecule has 0 aromatic heterocycles. The number of esters is 1. The van der Waals surface area contributed by atoms with Gasteiger partial charge in [0.15, 0.2) is 6.10 Å². The smallest absolute Gasteiger partial charge is 0.306 e. The van der Waals surface area contributed by atoms with E-state index in [-0.39, 0.29) is 25.2 Å². The number of thioether (sulfide) groups is 1. The van der Waals surface area contributed by atoms with Crippen LogP contribution < -0.4 is 16.0 Å². The molecule has 1 saturated heterocycles. The number of amides is 3. The maximum atomic E-state index is 13.8. The number of benzene rings is 3. The highest BCUT2D eigenvalue weighted by atomic mass is 32.2. The minimum Gasteiger partial charge on any atom is -0.452 e. The minimum atomic E-state index is -1.19. The van der Waals surface area contributed by atoms with Crippen molar-refractivity contribution in [1.29, 1.82) is 0 Å². The molecule has 1 fully saturated rings. The number of hydrogen-bond acceptors (Lipinski definition) is 6. The highest BCUT2D eigenvalue weighted by Crippen LogP contribution is 2.51. The van der Waals surface area contributed by atoms with Crippen molar-refractivity contribution in [2.24, 2.45) is 0 Å². The van der Waals surface area contributed by atoms with Gasteiger partial charge >= 0.3 is 5.97 Å². The van der Waals surface area contributed by atoms with Gasteiger partial charge in [-0.3, -0.25) is 19.2 Å². The van der Waals surface area contributed by atoms with Gasteiger partial charge in [0.2, 0.25) is 11.8 Å². The second kappa shape index (κ2) is 11.7. The van der Waals surface area contributed by atoms with E-state index in [1.807, 2.05) is 78.9 Å². The highest BCUT2D eigenvalue weighted by Gasteiger charge is 2.50. The molecule has 2 heterocycles. The first kappa shape index (κ1) is 26.5. The number of fused-ring (bicyclic) bond motifs is 1. The van der Waals surface area contributed by atoms with E-state index >= 15 is 0 Å². The molecule has 3 atom stereocenters. The molecule has 3 N–H and O–H groups in total. The zero-order valence-corrected chi connectivity index (χ0v) is 22.0. The molecule has 39 heavy (non-hydrogen) atoms. The largest absolute Gasteiger partial charge is 0.452 e. The lowest BCUT2D eigenvalue weighted by Gasteiger charge is -2.38. The Morgan fingerprint density at radius 1 is 0.949 bits per heavy atom. The third kappa shape index (κ3) is 5.98. The average molecular weight is 544 g/mol. The van der Waals surface area contributed by atoms with Gasteiger partial charge in [-0.2, -0.15) is 0 Å². The normalized spacial score (nSPS) is 22.2. The molecule has 3 aromatic carbocycles. The first-order valence-corrected chi connectivity index (χ1v) is 13.7. The molecule has 0 saturated carbocycles. The third-order valence-corrected chi connectivity index (χ3v) is 8.45. The predicted octanol–water partition coefficient (Wildman–Crippen LogP) is 3.57. The lowest BCUT2D eigenvalue weighted by atomic mass is 9.85. The van der Waals surface area contributed by atoms with E-state index in [0.717, 1.165) is 10.5 Å². The molecule has 0 radical (unpaired) electrons. The van der Waals surface area contributed by atoms with Crippen LogP contribution in [0.25, 0.3) is 0 Å². The van der Waals surface area contributed by atoms with Gasteiger partial charge in [0, 0.05) is 30.7 Å². The molecule has 3 amide bonds. The molecule has 9 heteroatoms. The van der Waals surface area contributed by atoms with E-state index in [1.54, 1.807) is 6.07 Å². The van der Waals surface area contributed by atoms with E-state index in [0.29, 0.717) is 24.2 Å². The Balaban J connectivity index is 1.49. The fourth-order valence-electron chi connectivity index (χ4n) is 4.94. The fraction of sp³-hybridized carbons (Fsp3) is 0.267. The second-order valence-electron chi connectivity index (χ2n) is 9.56. The summed E-state index contributed by atoms with van der Waals surface area (Å²) in [7, 11) is 0. The first-order valence-electron chi connectivity index (χ1n) is 12.9. The van der Waals surface area contributed by atoms with Gasteiger partial charge in [-0.1, -0.05) is 72.8 Å². The van der Waals surface area contributed by atoms with E-state index in [9.17, 15) is 19.2 Å². The number of carbonyl (C=O) groups excluding carboxylic acids is 4. The quantitative estimate of drug-likeness (QED) is 0.375. The Bertz CT molecular complexity index is 1370. The van der Waals surface area contributed by atoms with Crippen LogP contribution in [0, 0.1) is 0 Å². The Hall–Kier alpha value is -4.11. The summed E-state index contributed by atoms with van der Waals surface area (Å²) < 4.78 is 3.99. The summed E-state index contributed by atoms with van der Waals surface area (Å²) >= 11 is 1.37. The molecule has 0 spiro atoms. The molecule has 8 nitrogen and oxygen atoms in total. The van der Waals surface area contributed by atoms with Crippen molar-refractivity contribution in [3.8, 4) is 0 Å². The molecule has 5 rings (SSSR count). The van der Waals surface area contributed by atoms with E-state index in [2.05, 4.69) is 16.0 Å². The Morgan fingerprint density at radius 3 is 2.36 bits per heavy atom. The van der Waals surface area contributed by atoms with Crippen molar-refractivity contribution in [1.82, 2.24) is 10.6 Å². The molecular formula is C30H29N3O5S. The topological polar surface area (TPSA) is 114 Å². The van der Waals surface area contributed by atoms with Gasteiger partial charge in [0.1, 0.15) is 6.04 Å². The summed E-state index contributed by atoms with van der Waals surface area (Å²) in [6.07, 6.45) is -0.00974. The molecule has 3 aromatic rings. The molecule has 200 valence electrons. The van der Waals surface area contributed by atoms with Crippen LogP contribution in [0.4, 0.5) is 5.69 Å². The summed E-state index contributed by atoms with van der Waals surface area (Å²) in [4.78, 5) is 53.0. The van der Waals surface area contributed by atoms with Gasteiger partial charge < -0.3 is 20.7 Å². The fourth-order valence-corrected chi connectivity index (χ4v) is 6.45. The zero-order valence-electron chi connectivity index (χ0n) is 21.2. The molecular weight excluding hydrogens is 514 g/mol. The van der Waals surface area contributed by atoms with Crippen molar-refractivity contribution in [2.45, 2.75) is 47.5 Å².